The lowest BCUT2D eigenvalue weighted by Crippen LogP contribution is -2.41. The molecule has 2 aromatic heterocycles. The van der Waals surface area contributed by atoms with E-state index in [-0.39, 0.29) is 67.0 Å². The number of hydrogen-bond acceptors (Lipinski definition) is 10. The topological polar surface area (TPSA) is 161 Å². The summed E-state index contributed by atoms with van der Waals surface area (Å²) in [7, 11) is 0. The van der Waals surface area contributed by atoms with Gasteiger partial charge in [0.05, 0.1) is 48.5 Å². The molecule has 4 aliphatic rings. The highest BCUT2D eigenvalue weighted by Crippen LogP contribution is 2.48. The molecule has 3 aliphatic heterocycles. The molecule has 3 fully saturated rings. The number of benzene rings is 2. The van der Waals surface area contributed by atoms with Crippen LogP contribution in [0.3, 0.4) is 0 Å². The minimum Gasteiger partial charge on any atom is -0.487 e. The van der Waals surface area contributed by atoms with Crippen molar-refractivity contribution >= 4 is 34.3 Å². The smallest absolute Gasteiger partial charge is 0.414 e. The fraction of sp³-hybridized carbons (Fsp3) is 0.387. The summed E-state index contributed by atoms with van der Waals surface area (Å²) < 4.78 is 51.3. The quantitative estimate of drug-likeness (QED) is 0.289. The molecule has 1 aliphatic carbocycles. The maximum atomic E-state index is 15.7. The Kier molecular flexibility index (Phi) is 6.61. The van der Waals surface area contributed by atoms with E-state index in [9.17, 15) is 24.6 Å². The van der Waals surface area contributed by atoms with Gasteiger partial charge < -0.3 is 33.9 Å². The van der Waals surface area contributed by atoms with E-state index in [0.717, 1.165) is 25.0 Å². The number of rotatable bonds is 8. The van der Waals surface area contributed by atoms with Crippen molar-refractivity contribution in [1.82, 2.24) is 19.6 Å². The minimum atomic E-state index is -1.52. The van der Waals surface area contributed by atoms with E-state index >= 15 is 8.78 Å². The minimum absolute atomic E-state index is 0.0468. The molecule has 4 aromatic rings. The highest BCUT2D eigenvalue weighted by atomic mass is 19.1. The number of hydrogen-bond donors (Lipinski definition) is 2. The lowest BCUT2D eigenvalue weighted by atomic mass is 10.0. The number of carbonyl (C=O) groups is 2. The number of nitrogens with zero attached hydrogens (tertiary/aromatic N) is 6. The summed E-state index contributed by atoms with van der Waals surface area (Å²) in [5.74, 6) is -2.95. The van der Waals surface area contributed by atoms with E-state index in [1.54, 1.807) is 15.7 Å². The third-order valence-electron chi connectivity index (χ3n) is 9.06. The third-order valence-corrected chi connectivity index (χ3v) is 9.06. The highest BCUT2D eigenvalue weighted by molar-refractivity contribution is 5.97. The number of amides is 1. The largest absolute Gasteiger partial charge is 0.487 e. The molecule has 1 saturated carbocycles. The van der Waals surface area contributed by atoms with E-state index in [1.807, 2.05) is 0 Å². The fourth-order valence-corrected chi connectivity index (χ4v) is 6.75. The zero-order valence-electron chi connectivity index (χ0n) is 24.7. The van der Waals surface area contributed by atoms with Crippen LogP contribution in [0.15, 0.2) is 47.7 Å². The average molecular weight is 651 g/mol. The number of aliphatic hydroxyl groups is 1. The SMILES string of the molecule is O=C(O)c1cn(C2CC2)c2c3c(c(F)cc2c1=O)N1C[C@](O)(COc2ccc(N4C[C@H](Cn5ccnn5)OC4=O)cc2F)C[C@@H]1CO3. The number of fused-ring (bicyclic) bond motifs is 5. The van der Waals surface area contributed by atoms with Gasteiger partial charge in [-0.3, -0.25) is 9.69 Å². The molecule has 2 N–H and O–H groups in total. The molecule has 47 heavy (non-hydrogen) atoms. The van der Waals surface area contributed by atoms with Crippen LogP contribution < -0.4 is 24.7 Å². The summed E-state index contributed by atoms with van der Waals surface area (Å²) >= 11 is 0. The molecular formula is C31H28F2N6O8. The van der Waals surface area contributed by atoms with Gasteiger partial charge in [-0.25, -0.2) is 23.1 Å². The van der Waals surface area contributed by atoms with Crippen LogP contribution >= 0.6 is 0 Å². The van der Waals surface area contributed by atoms with Gasteiger partial charge in [0, 0.05) is 30.9 Å². The number of halogens is 2. The summed E-state index contributed by atoms with van der Waals surface area (Å²) in [6.07, 6.45) is 4.99. The summed E-state index contributed by atoms with van der Waals surface area (Å²) in [6, 6.07) is 4.57. The first-order valence-corrected chi connectivity index (χ1v) is 15.1. The van der Waals surface area contributed by atoms with Gasteiger partial charge in [0.25, 0.3) is 0 Å². The Bertz CT molecular complexity index is 2000. The van der Waals surface area contributed by atoms with Crippen molar-refractivity contribution in [3.05, 3.63) is 70.3 Å². The van der Waals surface area contributed by atoms with E-state index in [0.29, 0.717) is 12.1 Å². The predicted octanol–water partition coefficient (Wildman–Crippen LogP) is 2.71. The lowest BCUT2D eigenvalue weighted by Gasteiger charge is -2.34. The molecule has 14 nitrogen and oxygen atoms in total. The fourth-order valence-electron chi connectivity index (χ4n) is 6.75. The zero-order chi connectivity index (χ0) is 32.6. The van der Waals surface area contributed by atoms with Crippen LogP contribution in [0.25, 0.3) is 10.9 Å². The second kappa shape index (κ2) is 10.7. The summed E-state index contributed by atoms with van der Waals surface area (Å²) in [5, 5.41) is 28.6. The number of carbonyl (C=O) groups excluding carboxylic acids is 1. The van der Waals surface area contributed by atoms with Crippen LogP contribution in [0.4, 0.5) is 25.0 Å². The first kappa shape index (κ1) is 29.2. The van der Waals surface area contributed by atoms with Crippen molar-refractivity contribution in [2.45, 2.75) is 49.6 Å². The van der Waals surface area contributed by atoms with Crippen molar-refractivity contribution in [1.29, 1.82) is 0 Å². The molecule has 2 aromatic carbocycles. The van der Waals surface area contributed by atoms with Crippen molar-refractivity contribution in [2.24, 2.45) is 0 Å². The lowest BCUT2D eigenvalue weighted by molar-refractivity contribution is 0.00980. The maximum Gasteiger partial charge on any atom is 0.414 e. The monoisotopic (exact) mass is 650 g/mol. The number of ether oxygens (including phenoxy) is 3. The Morgan fingerprint density at radius 3 is 2.70 bits per heavy atom. The van der Waals surface area contributed by atoms with E-state index < -0.39 is 52.4 Å². The van der Waals surface area contributed by atoms with Gasteiger partial charge in [0.1, 0.15) is 36.2 Å². The number of cyclic esters (lactones) is 1. The van der Waals surface area contributed by atoms with Crippen LogP contribution in [-0.4, -0.2) is 85.9 Å². The summed E-state index contributed by atoms with van der Waals surface area (Å²) in [5.41, 5.74) is -2.11. The molecule has 1 amide bonds. The zero-order valence-corrected chi connectivity index (χ0v) is 24.7. The third kappa shape index (κ3) is 4.99. The predicted molar refractivity (Wildman–Crippen MR) is 159 cm³/mol. The molecule has 0 spiro atoms. The van der Waals surface area contributed by atoms with Crippen LogP contribution in [0.2, 0.25) is 0 Å². The Hall–Kier alpha value is -5.25. The molecule has 16 heteroatoms. The van der Waals surface area contributed by atoms with Crippen molar-refractivity contribution in [3.8, 4) is 11.5 Å². The first-order chi connectivity index (χ1) is 22.6. The molecule has 0 bridgehead atoms. The van der Waals surface area contributed by atoms with Gasteiger partial charge in [-0.15, -0.1) is 5.10 Å². The van der Waals surface area contributed by atoms with Crippen molar-refractivity contribution < 1.29 is 42.8 Å². The van der Waals surface area contributed by atoms with Gasteiger partial charge in [-0.05, 0) is 31.0 Å². The van der Waals surface area contributed by atoms with Crippen molar-refractivity contribution in [2.75, 3.05) is 36.1 Å². The number of pyridine rings is 1. The summed E-state index contributed by atoms with van der Waals surface area (Å²) in [6.45, 7) is 0.164. The average Bonchev–Trinajstić information content (AvgIpc) is 3.45. The number of aromatic carboxylic acids is 1. The second-order valence-corrected chi connectivity index (χ2v) is 12.4. The molecule has 8 rings (SSSR count). The van der Waals surface area contributed by atoms with E-state index in [2.05, 4.69) is 10.3 Å². The van der Waals surface area contributed by atoms with Crippen LogP contribution in [0, 0.1) is 11.6 Å². The molecule has 5 heterocycles. The number of carboxylic acids is 1. The van der Waals surface area contributed by atoms with Gasteiger partial charge >= 0.3 is 12.1 Å². The Morgan fingerprint density at radius 2 is 1.98 bits per heavy atom. The number of aromatic nitrogens is 4. The number of carboxylic acid groups (broad SMARTS) is 1. The van der Waals surface area contributed by atoms with E-state index in [4.69, 9.17) is 14.2 Å². The Morgan fingerprint density at radius 1 is 1.15 bits per heavy atom. The van der Waals surface area contributed by atoms with Crippen LogP contribution in [0.5, 0.6) is 11.5 Å². The first-order valence-electron chi connectivity index (χ1n) is 15.1. The standard InChI is InChI=1S/C31H28F2N6O8/c32-22-7-17(38-11-19(47-30(38)43)10-36-6-5-34-35-36)3-4-24(22)46-15-31(44)9-18-13-45-28-25-20(8-23(33)26(28)39(18)14-31)27(40)21(29(41)42)12-37(25)16-1-2-16/h3-8,12,16,18-19,44H,1-2,9-11,13-15H2,(H,41,42)/t18-,19+,31+/m1/s1. The Balaban J connectivity index is 1.01. The van der Waals surface area contributed by atoms with Crippen molar-refractivity contribution in [3.63, 3.8) is 0 Å². The Labute approximate surface area is 264 Å². The molecule has 3 atom stereocenters. The van der Waals surface area contributed by atoms with Gasteiger partial charge in [0.15, 0.2) is 23.1 Å². The molecule has 244 valence electrons. The molecular weight excluding hydrogens is 622 g/mol. The molecule has 0 unspecified atom stereocenters. The van der Waals surface area contributed by atoms with Gasteiger partial charge in [-0.1, -0.05) is 5.21 Å². The van der Waals surface area contributed by atoms with Crippen LogP contribution in [-0.2, 0) is 11.3 Å². The van der Waals surface area contributed by atoms with Gasteiger partial charge in [-0.2, -0.15) is 0 Å². The highest BCUT2D eigenvalue weighted by Gasteiger charge is 2.48. The number of anilines is 2. The van der Waals surface area contributed by atoms with Gasteiger partial charge in [0.2, 0.25) is 5.43 Å². The van der Waals surface area contributed by atoms with E-state index in [1.165, 1.54) is 34.1 Å². The normalized spacial score (nSPS) is 23.4. The second-order valence-electron chi connectivity index (χ2n) is 12.4. The maximum absolute atomic E-state index is 15.7. The molecule has 2 saturated heterocycles. The molecule has 0 radical (unpaired) electrons. The summed E-state index contributed by atoms with van der Waals surface area (Å²) in [4.78, 5) is 40.2. The van der Waals surface area contributed by atoms with Crippen LogP contribution in [0.1, 0.15) is 35.7 Å².